The molecule has 0 radical (unpaired) electrons. The monoisotopic (exact) mass is 447 g/mol. The summed E-state index contributed by atoms with van der Waals surface area (Å²) in [5.74, 6) is -0.184. The molecule has 3 amide bonds. The first-order valence-electron chi connectivity index (χ1n) is 11.6. The SMILES string of the molecule is CN(CCc1ccccc1)C(=O)CCC(CO)NC(=O)C(CC1CCCCC1)NC(=O)O. The Labute approximate surface area is 190 Å². The molecule has 1 aliphatic rings. The smallest absolute Gasteiger partial charge is 0.405 e. The number of hydrogen-bond acceptors (Lipinski definition) is 4. The number of aliphatic hydroxyl groups is 1. The number of nitrogens with zero attached hydrogens (tertiary/aromatic N) is 1. The summed E-state index contributed by atoms with van der Waals surface area (Å²) >= 11 is 0. The second-order valence-corrected chi connectivity index (χ2v) is 8.72. The van der Waals surface area contributed by atoms with Crippen molar-refractivity contribution < 1.29 is 24.6 Å². The quantitative estimate of drug-likeness (QED) is 0.393. The van der Waals surface area contributed by atoms with Crippen LogP contribution in [-0.2, 0) is 16.0 Å². The first-order chi connectivity index (χ1) is 15.4. The van der Waals surface area contributed by atoms with E-state index in [2.05, 4.69) is 10.6 Å². The van der Waals surface area contributed by atoms with Crippen LogP contribution >= 0.6 is 0 Å². The van der Waals surface area contributed by atoms with Crippen molar-refractivity contribution in [3.63, 3.8) is 0 Å². The molecule has 0 spiro atoms. The summed E-state index contributed by atoms with van der Waals surface area (Å²) in [7, 11) is 1.74. The van der Waals surface area contributed by atoms with Crippen molar-refractivity contribution in [3.05, 3.63) is 35.9 Å². The van der Waals surface area contributed by atoms with Crippen LogP contribution < -0.4 is 10.6 Å². The predicted molar refractivity (Wildman–Crippen MR) is 122 cm³/mol. The minimum atomic E-state index is -1.24. The van der Waals surface area contributed by atoms with Crippen molar-refractivity contribution in [2.24, 2.45) is 5.92 Å². The molecule has 0 aromatic heterocycles. The molecule has 178 valence electrons. The Morgan fingerprint density at radius 2 is 1.78 bits per heavy atom. The van der Waals surface area contributed by atoms with Gasteiger partial charge in [0.1, 0.15) is 6.04 Å². The van der Waals surface area contributed by atoms with E-state index < -0.39 is 24.1 Å². The van der Waals surface area contributed by atoms with E-state index in [0.717, 1.165) is 37.7 Å². The third kappa shape index (κ3) is 9.26. The molecule has 2 rings (SSSR count). The van der Waals surface area contributed by atoms with Gasteiger partial charge in [0, 0.05) is 20.0 Å². The number of rotatable bonds is 12. The largest absolute Gasteiger partial charge is 0.465 e. The van der Waals surface area contributed by atoms with Crippen LogP contribution in [0.25, 0.3) is 0 Å². The summed E-state index contributed by atoms with van der Waals surface area (Å²) < 4.78 is 0. The van der Waals surface area contributed by atoms with Crippen LogP contribution in [0, 0.1) is 5.92 Å². The van der Waals surface area contributed by atoms with Crippen LogP contribution in [0.4, 0.5) is 4.79 Å². The van der Waals surface area contributed by atoms with Crippen LogP contribution in [-0.4, -0.2) is 65.3 Å². The number of likely N-dealkylation sites (N-methyl/N-ethyl adjacent to an activating group) is 1. The molecular formula is C24H37N3O5. The van der Waals surface area contributed by atoms with Gasteiger partial charge in [0.15, 0.2) is 0 Å². The highest BCUT2D eigenvalue weighted by Crippen LogP contribution is 2.27. The maximum Gasteiger partial charge on any atom is 0.405 e. The summed E-state index contributed by atoms with van der Waals surface area (Å²) in [6.07, 6.45) is 5.84. The van der Waals surface area contributed by atoms with Gasteiger partial charge in [-0.3, -0.25) is 9.59 Å². The summed E-state index contributed by atoms with van der Waals surface area (Å²) in [6, 6.07) is 8.47. The molecule has 2 unspecified atom stereocenters. The van der Waals surface area contributed by atoms with Gasteiger partial charge in [0.25, 0.3) is 0 Å². The molecule has 1 aliphatic carbocycles. The fraction of sp³-hybridized carbons (Fsp3) is 0.625. The molecule has 0 bridgehead atoms. The Morgan fingerprint density at radius 3 is 2.41 bits per heavy atom. The Morgan fingerprint density at radius 1 is 1.09 bits per heavy atom. The zero-order valence-corrected chi connectivity index (χ0v) is 19.0. The van der Waals surface area contributed by atoms with E-state index in [0.29, 0.717) is 25.3 Å². The van der Waals surface area contributed by atoms with Crippen molar-refractivity contribution in [2.75, 3.05) is 20.2 Å². The third-order valence-electron chi connectivity index (χ3n) is 6.19. The number of carboxylic acid groups (broad SMARTS) is 1. The minimum Gasteiger partial charge on any atom is -0.465 e. The molecule has 8 heteroatoms. The molecular weight excluding hydrogens is 410 g/mol. The molecule has 1 aromatic carbocycles. The van der Waals surface area contributed by atoms with Gasteiger partial charge >= 0.3 is 6.09 Å². The number of carbonyl (C=O) groups is 3. The second-order valence-electron chi connectivity index (χ2n) is 8.72. The van der Waals surface area contributed by atoms with Gasteiger partial charge in [-0.1, -0.05) is 62.4 Å². The zero-order valence-electron chi connectivity index (χ0n) is 19.0. The summed E-state index contributed by atoms with van der Waals surface area (Å²) in [6.45, 7) is 0.279. The highest BCUT2D eigenvalue weighted by Gasteiger charge is 2.27. The van der Waals surface area contributed by atoms with Crippen LogP contribution in [0.3, 0.4) is 0 Å². The molecule has 2 atom stereocenters. The fourth-order valence-corrected chi connectivity index (χ4v) is 4.20. The van der Waals surface area contributed by atoms with E-state index in [4.69, 9.17) is 5.11 Å². The van der Waals surface area contributed by atoms with Crippen molar-refractivity contribution in [1.82, 2.24) is 15.5 Å². The highest BCUT2D eigenvalue weighted by atomic mass is 16.4. The van der Waals surface area contributed by atoms with Crippen molar-refractivity contribution in [1.29, 1.82) is 0 Å². The minimum absolute atomic E-state index is 0.0592. The van der Waals surface area contributed by atoms with Gasteiger partial charge in [-0.05, 0) is 30.7 Å². The van der Waals surface area contributed by atoms with E-state index in [1.54, 1.807) is 11.9 Å². The lowest BCUT2D eigenvalue weighted by Gasteiger charge is -2.27. The van der Waals surface area contributed by atoms with Gasteiger partial charge in [0.05, 0.1) is 12.6 Å². The van der Waals surface area contributed by atoms with Gasteiger partial charge < -0.3 is 25.7 Å². The number of amides is 3. The number of carbonyl (C=O) groups excluding carboxylic acids is 2. The maximum absolute atomic E-state index is 12.7. The van der Waals surface area contributed by atoms with E-state index in [1.165, 1.54) is 6.42 Å². The third-order valence-corrected chi connectivity index (χ3v) is 6.19. The Kier molecular flexibility index (Phi) is 11.0. The average molecular weight is 448 g/mol. The second kappa shape index (κ2) is 13.7. The average Bonchev–Trinajstić information content (AvgIpc) is 2.80. The fourth-order valence-electron chi connectivity index (χ4n) is 4.20. The normalized spacial score (nSPS) is 16.1. The molecule has 1 saturated carbocycles. The molecule has 4 N–H and O–H groups in total. The zero-order chi connectivity index (χ0) is 23.3. The van der Waals surface area contributed by atoms with Crippen molar-refractivity contribution in [2.45, 2.75) is 69.9 Å². The van der Waals surface area contributed by atoms with Gasteiger partial charge in [-0.25, -0.2) is 4.79 Å². The molecule has 1 aromatic rings. The topological polar surface area (TPSA) is 119 Å². The highest BCUT2D eigenvalue weighted by molar-refractivity contribution is 5.85. The summed E-state index contributed by atoms with van der Waals surface area (Å²) in [4.78, 5) is 38.0. The predicted octanol–water partition coefficient (Wildman–Crippen LogP) is 2.55. The Hall–Kier alpha value is -2.61. The molecule has 1 fully saturated rings. The first kappa shape index (κ1) is 25.6. The van der Waals surface area contributed by atoms with E-state index in [-0.39, 0.29) is 18.9 Å². The summed E-state index contributed by atoms with van der Waals surface area (Å²) in [5.41, 5.74) is 1.16. The molecule has 8 nitrogen and oxygen atoms in total. The summed E-state index contributed by atoms with van der Waals surface area (Å²) in [5, 5.41) is 23.9. The first-order valence-corrected chi connectivity index (χ1v) is 11.6. The number of hydrogen-bond donors (Lipinski definition) is 4. The van der Waals surface area contributed by atoms with Gasteiger partial charge in [0.2, 0.25) is 11.8 Å². The molecule has 0 saturated heterocycles. The van der Waals surface area contributed by atoms with E-state index in [1.807, 2.05) is 30.3 Å². The van der Waals surface area contributed by atoms with Gasteiger partial charge in [-0.2, -0.15) is 0 Å². The number of nitrogens with one attached hydrogen (secondary N) is 2. The van der Waals surface area contributed by atoms with E-state index in [9.17, 15) is 19.5 Å². The van der Waals surface area contributed by atoms with Crippen LogP contribution in [0.5, 0.6) is 0 Å². The van der Waals surface area contributed by atoms with Crippen molar-refractivity contribution >= 4 is 17.9 Å². The number of aliphatic hydroxyl groups excluding tert-OH is 1. The van der Waals surface area contributed by atoms with Crippen molar-refractivity contribution in [3.8, 4) is 0 Å². The Balaban J connectivity index is 1.80. The molecule has 32 heavy (non-hydrogen) atoms. The molecule has 0 aliphatic heterocycles. The van der Waals surface area contributed by atoms with Crippen LogP contribution in [0.1, 0.15) is 56.9 Å². The lowest BCUT2D eigenvalue weighted by Crippen LogP contribution is -2.51. The lowest BCUT2D eigenvalue weighted by molar-refractivity contribution is -0.130. The van der Waals surface area contributed by atoms with Crippen LogP contribution in [0.15, 0.2) is 30.3 Å². The molecule has 0 heterocycles. The van der Waals surface area contributed by atoms with Gasteiger partial charge in [-0.15, -0.1) is 0 Å². The standard InChI is InChI=1S/C24H37N3O5/c1-27(15-14-18-8-4-2-5-9-18)22(29)13-12-20(17-28)25-23(30)21(26-24(31)32)16-19-10-6-3-7-11-19/h2,4-5,8-9,19-21,26,28H,3,6-7,10-17H2,1H3,(H,25,30)(H,31,32). The Bertz CT molecular complexity index is 722. The lowest BCUT2D eigenvalue weighted by atomic mass is 9.84. The van der Waals surface area contributed by atoms with E-state index >= 15 is 0 Å². The number of benzene rings is 1. The van der Waals surface area contributed by atoms with Crippen LogP contribution in [0.2, 0.25) is 0 Å². The maximum atomic E-state index is 12.7.